The summed E-state index contributed by atoms with van der Waals surface area (Å²) >= 11 is 0. The molecule has 0 aliphatic carbocycles. The lowest BCUT2D eigenvalue weighted by molar-refractivity contribution is -0.0183. The molecule has 1 aromatic carbocycles. The predicted molar refractivity (Wildman–Crippen MR) is 72.0 cm³/mol. The molecule has 100 valence electrons. The summed E-state index contributed by atoms with van der Waals surface area (Å²) in [5, 5.41) is 9.02. The molecular weight excluding hydrogens is 248 g/mol. The molecule has 1 aliphatic heterocycles. The maximum Gasteiger partial charge on any atom is 0.0694 e. The van der Waals surface area contributed by atoms with Gasteiger partial charge in [0.25, 0.3) is 0 Å². The molecule has 0 bridgehead atoms. The molecule has 0 unspecified atom stereocenters. The first-order valence-corrected chi connectivity index (χ1v) is 7.68. The first kappa shape index (κ1) is 13.7. The molecular formula is C14H20O3S. The molecule has 1 N–H and O–H groups in total. The highest BCUT2D eigenvalue weighted by molar-refractivity contribution is 7.85. The second-order valence-corrected chi connectivity index (χ2v) is 6.40. The number of hydrogen-bond donors (Lipinski definition) is 1. The molecule has 2 rings (SSSR count). The zero-order valence-electron chi connectivity index (χ0n) is 10.7. The van der Waals surface area contributed by atoms with Crippen molar-refractivity contribution in [3.8, 4) is 0 Å². The fraction of sp³-hybridized carbons (Fsp3) is 0.571. The first-order valence-electron chi connectivity index (χ1n) is 6.36. The van der Waals surface area contributed by atoms with E-state index in [4.69, 9.17) is 9.84 Å². The topological polar surface area (TPSA) is 46.5 Å². The minimum absolute atomic E-state index is 0.0648. The molecule has 1 heterocycles. The molecule has 18 heavy (non-hydrogen) atoms. The molecule has 0 aromatic heterocycles. The van der Waals surface area contributed by atoms with Gasteiger partial charge in [-0.1, -0.05) is 17.7 Å². The second kappa shape index (κ2) is 6.45. The van der Waals surface area contributed by atoms with Crippen molar-refractivity contribution in [2.45, 2.75) is 30.8 Å². The third-order valence-electron chi connectivity index (χ3n) is 3.34. The molecule has 0 radical (unpaired) electrons. The lowest BCUT2D eigenvalue weighted by atomic mass is 10.0. The van der Waals surface area contributed by atoms with Gasteiger partial charge in [0.1, 0.15) is 0 Å². The molecule has 1 aliphatic rings. The summed E-state index contributed by atoms with van der Waals surface area (Å²) in [5.41, 5.74) is 1.18. The average molecular weight is 268 g/mol. The van der Waals surface area contributed by atoms with Gasteiger partial charge in [-0.2, -0.15) is 0 Å². The lowest BCUT2D eigenvalue weighted by Gasteiger charge is -2.27. The molecule has 0 spiro atoms. The Labute approximate surface area is 111 Å². The number of aliphatic hydroxyl groups is 1. The van der Waals surface area contributed by atoms with E-state index in [9.17, 15) is 4.21 Å². The highest BCUT2D eigenvalue weighted by atomic mass is 32.2. The summed E-state index contributed by atoms with van der Waals surface area (Å²) in [6.45, 7) is 2.80. The SMILES string of the molecule is Cc1ccc([S@](=O)C[C@@H]2CC[C@@H](CO)CO2)cc1. The quantitative estimate of drug-likeness (QED) is 0.907. The third kappa shape index (κ3) is 3.64. The second-order valence-electron chi connectivity index (χ2n) is 4.91. The van der Waals surface area contributed by atoms with Gasteiger partial charge in [0, 0.05) is 17.4 Å². The van der Waals surface area contributed by atoms with Crippen LogP contribution in [0.25, 0.3) is 0 Å². The molecule has 1 fully saturated rings. The van der Waals surface area contributed by atoms with Gasteiger partial charge >= 0.3 is 0 Å². The van der Waals surface area contributed by atoms with Gasteiger partial charge in [-0.3, -0.25) is 4.21 Å². The predicted octanol–water partition coefficient (Wildman–Crippen LogP) is 1.89. The summed E-state index contributed by atoms with van der Waals surface area (Å²) in [4.78, 5) is 0.869. The van der Waals surface area contributed by atoms with Gasteiger partial charge in [-0.25, -0.2) is 0 Å². The Morgan fingerprint density at radius 3 is 2.61 bits per heavy atom. The number of aryl methyl sites for hydroxylation is 1. The number of ether oxygens (including phenoxy) is 1. The number of hydrogen-bond acceptors (Lipinski definition) is 3. The van der Waals surface area contributed by atoms with E-state index in [1.807, 2.05) is 31.2 Å². The van der Waals surface area contributed by atoms with Gasteiger partial charge in [-0.05, 0) is 31.9 Å². The van der Waals surface area contributed by atoms with Crippen molar-refractivity contribution >= 4 is 10.8 Å². The minimum atomic E-state index is -0.990. The van der Waals surface area contributed by atoms with Crippen LogP contribution in [0.1, 0.15) is 18.4 Å². The number of benzene rings is 1. The van der Waals surface area contributed by atoms with Crippen molar-refractivity contribution in [1.82, 2.24) is 0 Å². The Morgan fingerprint density at radius 1 is 1.33 bits per heavy atom. The van der Waals surface area contributed by atoms with Crippen molar-refractivity contribution in [2.24, 2.45) is 5.92 Å². The van der Waals surface area contributed by atoms with E-state index in [0.29, 0.717) is 12.4 Å². The Hall–Kier alpha value is -0.710. The van der Waals surface area contributed by atoms with Gasteiger partial charge in [0.15, 0.2) is 0 Å². The fourth-order valence-electron chi connectivity index (χ4n) is 2.09. The number of aliphatic hydroxyl groups excluding tert-OH is 1. The van der Waals surface area contributed by atoms with Gasteiger partial charge < -0.3 is 9.84 Å². The summed E-state index contributed by atoms with van der Waals surface area (Å²) in [5.74, 6) is 0.815. The first-order chi connectivity index (χ1) is 8.69. The zero-order chi connectivity index (χ0) is 13.0. The van der Waals surface area contributed by atoms with Crippen LogP contribution in [0.15, 0.2) is 29.2 Å². The van der Waals surface area contributed by atoms with Crippen molar-refractivity contribution in [3.05, 3.63) is 29.8 Å². The van der Waals surface area contributed by atoms with E-state index in [1.165, 1.54) is 5.56 Å². The zero-order valence-corrected chi connectivity index (χ0v) is 11.5. The van der Waals surface area contributed by atoms with Crippen LogP contribution in [0, 0.1) is 12.8 Å². The van der Waals surface area contributed by atoms with Crippen LogP contribution >= 0.6 is 0 Å². The third-order valence-corrected chi connectivity index (χ3v) is 4.82. The number of rotatable bonds is 4. The summed E-state index contributed by atoms with van der Waals surface area (Å²) in [7, 11) is -0.990. The van der Waals surface area contributed by atoms with E-state index < -0.39 is 10.8 Å². The van der Waals surface area contributed by atoms with Gasteiger partial charge in [0.2, 0.25) is 0 Å². The van der Waals surface area contributed by atoms with Crippen LogP contribution in [-0.2, 0) is 15.5 Å². The molecule has 3 atom stereocenters. The van der Waals surface area contributed by atoms with Crippen LogP contribution in [-0.4, -0.2) is 34.4 Å². The highest BCUT2D eigenvalue weighted by Crippen LogP contribution is 2.20. The lowest BCUT2D eigenvalue weighted by Crippen LogP contribution is -2.31. The van der Waals surface area contributed by atoms with E-state index >= 15 is 0 Å². The molecule has 3 nitrogen and oxygen atoms in total. The standard InChI is InChI=1S/C14H20O3S/c1-11-2-6-14(7-3-11)18(16)10-13-5-4-12(8-15)9-17-13/h2-3,6-7,12-13,15H,4-5,8-10H2,1H3/t12-,13-,18+/m0/s1. The monoisotopic (exact) mass is 268 g/mol. The maximum atomic E-state index is 12.2. The maximum absolute atomic E-state index is 12.2. The van der Waals surface area contributed by atoms with Crippen molar-refractivity contribution in [3.63, 3.8) is 0 Å². The van der Waals surface area contributed by atoms with Gasteiger partial charge in [-0.15, -0.1) is 0 Å². The van der Waals surface area contributed by atoms with Crippen molar-refractivity contribution in [2.75, 3.05) is 19.0 Å². The van der Waals surface area contributed by atoms with Crippen LogP contribution in [0.3, 0.4) is 0 Å². The van der Waals surface area contributed by atoms with Crippen molar-refractivity contribution in [1.29, 1.82) is 0 Å². The van der Waals surface area contributed by atoms with Crippen LogP contribution in [0.5, 0.6) is 0 Å². The smallest absolute Gasteiger partial charge is 0.0694 e. The normalized spacial score (nSPS) is 25.9. The van der Waals surface area contributed by atoms with E-state index in [0.717, 1.165) is 17.7 Å². The largest absolute Gasteiger partial charge is 0.396 e. The van der Waals surface area contributed by atoms with E-state index in [-0.39, 0.29) is 18.6 Å². The highest BCUT2D eigenvalue weighted by Gasteiger charge is 2.23. The fourth-order valence-corrected chi connectivity index (χ4v) is 3.32. The summed E-state index contributed by atoms with van der Waals surface area (Å²) in [6, 6.07) is 7.81. The average Bonchev–Trinajstić information content (AvgIpc) is 2.40. The van der Waals surface area contributed by atoms with Gasteiger partial charge in [0.05, 0.1) is 29.3 Å². The summed E-state index contributed by atoms with van der Waals surface area (Å²) < 4.78 is 17.8. The Kier molecular flexibility index (Phi) is 4.92. The Bertz CT molecular complexity index is 394. The van der Waals surface area contributed by atoms with Crippen LogP contribution < -0.4 is 0 Å². The van der Waals surface area contributed by atoms with E-state index in [1.54, 1.807) is 0 Å². The molecule has 1 saturated heterocycles. The molecule has 4 heteroatoms. The Morgan fingerprint density at radius 2 is 2.06 bits per heavy atom. The molecule has 0 saturated carbocycles. The molecule has 0 amide bonds. The minimum Gasteiger partial charge on any atom is -0.396 e. The summed E-state index contributed by atoms with van der Waals surface area (Å²) in [6.07, 6.45) is 1.92. The van der Waals surface area contributed by atoms with Crippen LogP contribution in [0.4, 0.5) is 0 Å². The Balaban J connectivity index is 1.86. The molecule has 1 aromatic rings. The van der Waals surface area contributed by atoms with Crippen molar-refractivity contribution < 1.29 is 14.1 Å². The van der Waals surface area contributed by atoms with Crippen LogP contribution in [0.2, 0.25) is 0 Å². The van der Waals surface area contributed by atoms with E-state index in [2.05, 4.69) is 0 Å².